The summed E-state index contributed by atoms with van der Waals surface area (Å²) in [7, 11) is 1.70. The second-order valence-corrected chi connectivity index (χ2v) is 7.70. The van der Waals surface area contributed by atoms with Crippen molar-refractivity contribution in [1.29, 1.82) is 0 Å². The molecular formula is C24H34N2O5. The summed E-state index contributed by atoms with van der Waals surface area (Å²) in [6, 6.07) is 9.05. The molecule has 0 aromatic heterocycles. The van der Waals surface area contributed by atoms with E-state index in [1.165, 1.54) is 0 Å². The number of amides is 2. The van der Waals surface area contributed by atoms with Gasteiger partial charge in [-0.15, -0.1) is 0 Å². The highest BCUT2D eigenvalue weighted by molar-refractivity contribution is 5.86. The van der Waals surface area contributed by atoms with Crippen molar-refractivity contribution in [3.05, 3.63) is 48.0 Å². The maximum absolute atomic E-state index is 13.3. The van der Waals surface area contributed by atoms with Crippen molar-refractivity contribution in [2.24, 2.45) is 5.92 Å². The van der Waals surface area contributed by atoms with Gasteiger partial charge in [-0.2, -0.15) is 0 Å². The number of hydrogen-bond donors (Lipinski definition) is 1. The van der Waals surface area contributed by atoms with E-state index >= 15 is 0 Å². The largest absolute Gasteiger partial charge is 0.455 e. The van der Waals surface area contributed by atoms with Gasteiger partial charge in [0.15, 0.2) is 0 Å². The normalized spacial score (nSPS) is 24.0. The summed E-state index contributed by atoms with van der Waals surface area (Å²) in [5.74, 6) is -1.10. The van der Waals surface area contributed by atoms with Crippen LogP contribution in [0.25, 0.3) is 0 Å². The van der Waals surface area contributed by atoms with E-state index in [0.29, 0.717) is 32.6 Å². The minimum atomic E-state index is -0.577. The molecule has 7 heteroatoms. The van der Waals surface area contributed by atoms with Crippen LogP contribution in [0.3, 0.4) is 0 Å². The molecule has 1 aromatic rings. The molecule has 1 heterocycles. The van der Waals surface area contributed by atoms with Crippen LogP contribution in [-0.2, 0) is 23.9 Å². The molecule has 7 nitrogen and oxygen atoms in total. The maximum Gasteiger partial charge on any atom is 0.306 e. The molecule has 0 saturated carbocycles. The van der Waals surface area contributed by atoms with E-state index < -0.39 is 12.0 Å². The lowest BCUT2D eigenvalue weighted by Crippen LogP contribution is -2.44. The van der Waals surface area contributed by atoms with E-state index in [2.05, 4.69) is 5.32 Å². The molecule has 0 radical (unpaired) electrons. The number of carbonyl (C=O) groups excluding carboxylic acids is 3. The SMILES string of the molecule is CCOCCNC(=O)C[C@@H]1C/C=C/CCC(=O)O[C@H](c2ccccc2)[C@H](C)N(C)C1=O. The number of likely N-dealkylation sites (N-methyl/N-ethyl adjacent to an activating group) is 1. The topological polar surface area (TPSA) is 84.9 Å². The van der Waals surface area contributed by atoms with E-state index in [1.807, 2.05) is 56.3 Å². The van der Waals surface area contributed by atoms with Crippen molar-refractivity contribution in [3.8, 4) is 0 Å². The lowest BCUT2D eigenvalue weighted by atomic mass is 9.95. The monoisotopic (exact) mass is 430 g/mol. The van der Waals surface area contributed by atoms with Crippen molar-refractivity contribution >= 4 is 17.8 Å². The number of hydrogen-bond acceptors (Lipinski definition) is 5. The molecular weight excluding hydrogens is 396 g/mol. The molecule has 3 atom stereocenters. The van der Waals surface area contributed by atoms with Gasteiger partial charge in [0.25, 0.3) is 0 Å². The molecule has 2 amide bonds. The smallest absolute Gasteiger partial charge is 0.306 e. The summed E-state index contributed by atoms with van der Waals surface area (Å²) in [4.78, 5) is 39.6. The number of cyclic esters (lactones) is 1. The van der Waals surface area contributed by atoms with Crippen molar-refractivity contribution in [2.45, 2.75) is 51.7 Å². The molecule has 1 aromatic carbocycles. The third-order valence-corrected chi connectivity index (χ3v) is 5.44. The fraction of sp³-hybridized carbons (Fsp3) is 0.542. The van der Waals surface area contributed by atoms with Gasteiger partial charge in [0.2, 0.25) is 11.8 Å². The van der Waals surface area contributed by atoms with Gasteiger partial charge in [0, 0.05) is 33.0 Å². The summed E-state index contributed by atoms with van der Waals surface area (Å²) >= 11 is 0. The van der Waals surface area contributed by atoms with Crippen LogP contribution in [0.1, 0.15) is 51.2 Å². The molecule has 0 aliphatic carbocycles. The van der Waals surface area contributed by atoms with Crippen LogP contribution in [-0.4, -0.2) is 55.5 Å². The number of nitrogens with one attached hydrogen (secondary N) is 1. The van der Waals surface area contributed by atoms with Crippen LogP contribution in [0.15, 0.2) is 42.5 Å². The minimum absolute atomic E-state index is 0.0994. The Morgan fingerprint density at radius 2 is 1.97 bits per heavy atom. The van der Waals surface area contributed by atoms with Gasteiger partial charge in [-0.25, -0.2) is 0 Å². The Labute approximate surface area is 184 Å². The Bertz CT molecular complexity index is 750. The predicted octanol–water partition coefficient (Wildman–Crippen LogP) is 3.02. The first-order chi connectivity index (χ1) is 14.9. The fourth-order valence-corrected chi connectivity index (χ4v) is 3.53. The highest BCUT2D eigenvalue weighted by Gasteiger charge is 2.33. The van der Waals surface area contributed by atoms with Crippen molar-refractivity contribution in [1.82, 2.24) is 10.2 Å². The zero-order valence-corrected chi connectivity index (χ0v) is 18.7. The number of esters is 1. The van der Waals surface area contributed by atoms with Crippen molar-refractivity contribution in [2.75, 3.05) is 26.8 Å². The Morgan fingerprint density at radius 3 is 2.68 bits per heavy atom. The average Bonchev–Trinajstić information content (AvgIpc) is 2.78. The van der Waals surface area contributed by atoms with Gasteiger partial charge in [0.1, 0.15) is 6.10 Å². The van der Waals surface area contributed by atoms with Gasteiger partial charge in [-0.1, -0.05) is 42.5 Å². The molecule has 0 unspecified atom stereocenters. The Morgan fingerprint density at radius 1 is 1.23 bits per heavy atom. The minimum Gasteiger partial charge on any atom is -0.455 e. The van der Waals surface area contributed by atoms with Crippen molar-refractivity contribution < 1.29 is 23.9 Å². The van der Waals surface area contributed by atoms with Gasteiger partial charge in [-0.05, 0) is 32.3 Å². The number of nitrogens with zero attached hydrogens (tertiary/aromatic N) is 1. The zero-order valence-electron chi connectivity index (χ0n) is 18.7. The number of allylic oxidation sites excluding steroid dienone is 2. The molecule has 0 saturated heterocycles. The van der Waals surface area contributed by atoms with Gasteiger partial charge >= 0.3 is 5.97 Å². The first-order valence-electron chi connectivity index (χ1n) is 10.9. The summed E-state index contributed by atoms with van der Waals surface area (Å²) in [6.45, 7) is 5.22. The highest BCUT2D eigenvalue weighted by Crippen LogP contribution is 2.27. The van der Waals surface area contributed by atoms with Gasteiger partial charge in [0.05, 0.1) is 18.6 Å². The third-order valence-electron chi connectivity index (χ3n) is 5.44. The van der Waals surface area contributed by atoms with E-state index in [0.717, 1.165) is 5.56 Å². The maximum atomic E-state index is 13.3. The predicted molar refractivity (Wildman–Crippen MR) is 118 cm³/mol. The van der Waals surface area contributed by atoms with E-state index in [1.54, 1.807) is 11.9 Å². The van der Waals surface area contributed by atoms with Crippen LogP contribution in [0.4, 0.5) is 0 Å². The van der Waals surface area contributed by atoms with E-state index in [-0.39, 0.29) is 36.7 Å². The van der Waals surface area contributed by atoms with E-state index in [9.17, 15) is 14.4 Å². The molecule has 170 valence electrons. The van der Waals surface area contributed by atoms with E-state index in [4.69, 9.17) is 9.47 Å². The second-order valence-electron chi connectivity index (χ2n) is 7.70. The highest BCUT2D eigenvalue weighted by atomic mass is 16.5. The lowest BCUT2D eigenvalue weighted by molar-refractivity contribution is -0.156. The van der Waals surface area contributed by atoms with Crippen LogP contribution in [0, 0.1) is 5.92 Å². The number of rotatable bonds is 7. The molecule has 0 bridgehead atoms. The van der Waals surface area contributed by atoms with Crippen LogP contribution in [0.5, 0.6) is 0 Å². The Balaban J connectivity index is 2.17. The number of ether oxygens (including phenoxy) is 2. The van der Waals surface area contributed by atoms with Crippen LogP contribution >= 0.6 is 0 Å². The summed E-state index contributed by atoms with van der Waals surface area (Å²) in [5.41, 5.74) is 0.834. The summed E-state index contributed by atoms with van der Waals surface area (Å²) in [6.07, 6.45) is 4.52. The first kappa shape index (κ1) is 24.6. The third kappa shape index (κ3) is 7.83. The molecule has 1 N–H and O–H groups in total. The van der Waals surface area contributed by atoms with Crippen molar-refractivity contribution in [3.63, 3.8) is 0 Å². The van der Waals surface area contributed by atoms with Gasteiger partial charge < -0.3 is 19.7 Å². The molecule has 1 aliphatic heterocycles. The fourth-order valence-electron chi connectivity index (χ4n) is 3.53. The lowest BCUT2D eigenvalue weighted by Gasteiger charge is -2.34. The average molecular weight is 431 g/mol. The van der Waals surface area contributed by atoms with Crippen LogP contribution < -0.4 is 5.32 Å². The summed E-state index contributed by atoms with van der Waals surface area (Å²) in [5, 5.41) is 2.81. The Kier molecular flexibility index (Phi) is 10.2. The molecule has 0 spiro atoms. The zero-order chi connectivity index (χ0) is 22.6. The standard InChI is InChI=1S/C24H34N2O5/c1-4-30-16-15-25-21(27)17-20-13-9-6-10-14-22(28)31-23(18(2)26(3)24(20)29)19-11-7-5-8-12-19/h5-9,11-12,18,20,23H,4,10,13-17H2,1-3H3,(H,25,27)/b9-6+/t18-,20-,23-/m0/s1. The summed E-state index contributed by atoms with van der Waals surface area (Å²) < 4.78 is 11.0. The number of benzene rings is 1. The number of carbonyl (C=O) groups is 3. The Hall–Kier alpha value is -2.67. The first-order valence-corrected chi connectivity index (χ1v) is 10.9. The molecule has 0 fully saturated rings. The molecule has 1 aliphatic rings. The van der Waals surface area contributed by atoms with Crippen LogP contribution in [0.2, 0.25) is 0 Å². The second kappa shape index (κ2) is 12.9. The quantitative estimate of drug-likeness (QED) is 0.408. The van der Waals surface area contributed by atoms with Gasteiger partial charge in [-0.3, -0.25) is 14.4 Å². The molecule has 2 rings (SSSR count). The molecule has 31 heavy (non-hydrogen) atoms.